The predicted octanol–water partition coefficient (Wildman–Crippen LogP) is 3.23. The summed E-state index contributed by atoms with van der Waals surface area (Å²) >= 11 is 0. The van der Waals surface area contributed by atoms with Crippen LogP contribution in [0.4, 0.5) is 11.4 Å². The summed E-state index contributed by atoms with van der Waals surface area (Å²) < 4.78 is 0. The van der Waals surface area contributed by atoms with E-state index in [1.807, 2.05) is 25.1 Å². The van der Waals surface area contributed by atoms with Crippen LogP contribution in [0, 0.1) is 0 Å². The first kappa shape index (κ1) is 19.7. The Morgan fingerprint density at radius 1 is 1.11 bits per heavy atom. The molecule has 1 fully saturated rings. The van der Waals surface area contributed by atoms with Gasteiger partial charge >= 0.3 is 5.97 Å². The molecule has 0 saturated carbocycles. The molecule has 4 N–H and O–H groups in total. The zero-order valence-corrected chi connectivity index (χ0v) is 16.1. The molecule has 2 aromatic rings. The number of nitrogens with zero attached hydrogens (tertiary/aromatic N) is 1. The number of aromatic carboxylic acids is 1. The lowest BCUT2D eigenvalue weighted by molar-refractivity contribution is -0.121. The molecule has 0 aromatic heterocycles. The summed E-state index contributed by atoms with van der Waals surface area (Å²) in [6.07, 6.45) is 3.48. The Hall–Kier alpha value is -3.02. The molecule has 1 heterocycles. The zero-order valence-electron chi connectivity index (χ0n) is 16.1. The van der Waals surface area contributed by atoms with Gasteiger partial charge in [-0.3, -0.25) is 4.79 Å². The van der Waals surface area contributed by atoms with Crippen LogP contribution in [-0.2, 0) is 4.79 Å². The number of amides is 1. The number of nitrogens with two attached hydrogens (primary N) is 1. The molecule has 6 heteroatoms. The monoisotopic (exact) mass is 381 g/mol. The third-order valence-corrected chi connectivity index (χ3v) is 5.16. The fraction of sp³-hybridized carbons (Fsp3) is 0.364. The van der Waals surface area contributed by atoms with Crippen LogP contribution in [0.25, 0.3) is 0 Å². The molecule has 0 radical (unpaired) electrons. The molecule has 28 heavy (non-hydrogen) atoms. The Bertz CT molecular complexity index is 843. The molecule has 0 bridgehead atoms. The Kier molecular flexibility index (Phi) is 6.19. The van der Waals surface area contributed by atoms with Crippen LogP contribution in [0.5, 0.6) is 0 Å². The lowest BCUT2D eigenvalue weighted by Crippen LogP contribution is -2.34. The molecule has 1 amide bonds. The largest absolute Gasteiger partial charge is 0.478 e. The first-order valence-corrected chi connectivity index (χ1v) is 9.76. The minimum absolute atomic E-state index is 0.116. The van der Waals surface area contributed by atoms with E-state index in [0.717, 1.165) is 42.7 Å². The lowest BCUT2D eigenvalue weighted by atomic mass is 9.87. The van der Waals surface area contributed by atoms with E-state index < -0.39 is 11.9 Å². The highest BCUT2D eigenvalue weighted by atomic mass is 16.4. The average molecular weight is 381 g/mol. The van der Waals surface area contributed by atoms with Gasteiger partial charge in [-0.2, -0.15) is 0 Å². The molecular formula is C22H27N3O3. The van der Waals surface area contributed by atoms with Gasteiger partial charge in [0.2, 0.25) is 5.91 Å². The Labute approximate surface area is 165 Å². The number of anilines is 2. The minimum Gasteiger partial charge on any atom is -0.478 e. The molecule has 1 aliphatic rings. The van der Waals surface area contributed by atoms with Gasteiger partial charge < -0.3 is 21.1 Å². The molecular weight excluding hydrogens is 354 g/mol. The topological polar surface area (TPSA) is 95.7 Å². The van der Waals surface area contributed by atoms with E-state index in [2.05, 4.69) is 10.2 Å². The van der Waals surface area contributed by atoms with E-state index in [1.54, 1.807) is 12.1 Å². The minimum atomic E-state index is -0.987. The molecule has 1 atom stereocenters. The number of carbonyl (C=O) groups excluding carboxylic acids is 1. The standard InChI is InChI=1S/C22H27N3O3/c1-2-24-21(26)20(15-6-8-16(9-7-15)22(27)28)18-14-17(23)10-11-19(18)25-12-4-3-5-13-25/h6-11,14,20H,2-5,12-13,23H2,1H3,(H,24,26)(H,27,28). The van der Waals surface area contributed by atoms with Crippen molar-refractivity contribution in [2.45, 2.75) is 32.1 Å². The maximum Gasteiger partial charge on any atom is 0.335 e. The van der Waals surface area contributed by atoms with E-state index in [-0.39, 0.29) is 11.5 Å². The smallest absolute Gasteiger partial charge is 0.335 e. The van der Waals surface area contributed by atoms with Crippen LogP contribution in [0.15, 0.2) is 42.5 Å². The van der Waals surface area contributed by atoms with Gasteiger partial charge in [0.15, 0.2) is 0 Å². The van der Waals surface area contributed by atoms with E-state index in [1.165, 1.54) is 18.6 Å². The van der Waals surface area contributed by atoms with Crippen LogP contribution in [0.3, 0.4) is 0 Å². The number of nitrogen functional groups attached to an aromatic ring is 1. The van der Waals surface area contributed by atoms with Crippen molar-refractivity contribution in [2.24, 2.45) is 0 Å². The van der Waals surface area contributed by atoms with Crippen LogP contribution in [-0.4, -0.2) is 36.6 Å². The fourth-order valence-electron chi connectivity index (χ4n) is 3.79. The predicted molar refractivity (Wildman–Crippen MR) is 111 cm³/mol. The molecule has 6 nitrogen and oxygen atoms in total. The number of nitrogens with one attached hydrogen (secondary N) is 1. The number of piperidine rings is 1. The van der Waals surface area contributed by atoms with E-state index in [9.17, 15) is 14.7 Å². The average Bonchev–Trinajstić information content (AvgIpc) is 2.70. The van der Waals surface area contributed by atoms with Crippen LogP contribution in [0.2, 0.25) is 0 Å². The Morgan fingerprint density at radius 3 is 2.39 bits per heavy atom. The number of rotatable bonds is 6. The van der Waals surface area contributed by atoms with Crippen molar-refractivity contribution >= 4 is 23.3 Å². The summed E-state index contributed by atoms with van der Waals surface area (Å²) in [6.45, 7) is 4.31. The van der Waals surface area contributed by atoms with Crippen LogP contribution in [0.1, 0.15) is 53.6 Å². The number of carbonyl (C=O) groups is 2. The van der Waals surface area contributed by atoms with Gasteiger partial charge in [0.1, 0.15) is 0 Å². The van der Waals surface area contributed by atoms with Gasteiger partial charge in [0, 0.05) is 31.0 Å². The summed E-state index contributed by atoms with van der Waals surface area (Å²) in [4.78, 5) is 26.5. The normalized spacial score (nSPS) is 15.1. The zero-order chi connectivity index (χ0) is 20.1. The summed E-state index contributed by atoms with van der Waals surface area (Å²) in [7, 11) is 0. The quantitative estimate of drug-likeness (QED) is 0.668. The maximum atomic E-state index is 13.0. The van der Waals surface area contributed by atoms with Crippen molar-refractivity contribution in [1.82, 2.24) is 5.32 Å². The van der Waals surface area contributed by atoms with Crippen LogP contribution >= 0.6 is 0 Å². The number of hydrogen-bond donors (Lipinski definition) is 3. The van der Waals surface area contributed by atoms with E-state index in [0.29, 0.717) is 12.2 Å². The molecule has 1 unspecified atom stereocenters. The number of likely N-dealkylation sites (N-methyl/N-ethyl adjacent to an activating group) is 1. The van der Waals surface area contributed by atoms with Crippen molar-refractivity contribution in [3.63, 3.8) is 0 Å². The van der Waals surface area contributed by atoms with Crippen molar-refractivity contribution in [3.05, 3.63) is 59.2 Å². The number of hydrogen-bond acceptors (Lipinski definition) is 4. The van der Waals surface area contributed by atoms with Crippen molar-refractivity contribution in [1.29, 1.82) is 0 Å². The second-order valence-corrected chi connectivity index (χ2v) is 7.12. The maximum absolute atomic E-state index is 13.0. The third kappa shape index (κ3) is 4.27. The highest BCUT2D eigenvalue weighted by molar-refractivity contribution is 5.91. The van der Waals surface area contributed by atoms with Gasteiger partial charge in [0.05, 0.1) is 11.5 Å². The van der Waals surface area contributed by atoms with Crippen molar-refractivity contribution < 1.29 is 14.7 Å². The number of carboxylic acid groups (broad SMARTS) is 1. The molecule has 148 valence electrons. The molecule has 1 saturated heterocycles. The highest BCUT2D eigenvalue weighted by Crippen LogP contribution is 2.35. The van der Waals surface area contributed by atoms with Gasteiger partial charge in [-0.25, -0.2) is 4.79 Å². The second kappa shape index (κ2) is 8.78. The molecule has 0 aliphatic carbocycles. The summed E-state index contributed by atoms with van der Waals surface area (Å²) in [5.41, 5.74) is 9.51. The first-order valence-electron chi connectivity index (χ1n) is 9.76. The first-order chi connectivity index (χ1) is 13.5. The Balaban J connectivity index is 2.08. The summed E-state index contributed by atoms with van der Waals surface area (Å²) in [5, 5.41) is 12.1. The van der Waals surface area contributed by atoms with Gasteiger partial charge in [-0.15, -0.1) is 0 Å². The molecule has 0 spiro atoms. The second-order valence-electron chi connectivity index (χ2n) is 7.12. The SMILES string of the molecule is CCNC(=O)C(c1ccc(C(=O)O)cc1)c1cc(N)ccc1N1CCCCC1. The van der Waals surface area contributed by atoms with Gasteiger partial charge in [0.25, 0.3) is 0 Å². The van der Waals surface area contributed by atoms with Crippen molar-refractivity contribution in [2.75, 3.05) is 30.3 Å². The number of carboxylic acids is 1. The van der Waals surface area contributed by atoms with Gasteiger partial charge in [-0.05, 0) is 67.6 Å². The fourth-order valence-corrected chi connectivity index (χ4v) is 3.79. The van der Waals surface area contributed by atoms with E-state index in [4.69, 9.17) is 5.73 Å². The lowest BCUT2D eigenvalue weighted by Gasteiger charge is -2.32. The summed E-state index contributed by atoms with van der Waals surface area (Å²) in [5.74, 6) is -1.66. The van der Waals surface area contributed by atoms with E-state index >= 15 is 0 Å². The Morgan fingerprint density at radius 2 is 1.79 bits per heavy atom. The number of benzene rings is 2. The summed E-state index contributed by atoms with van der Waals surface area (Å²) in [6, 6.07) is 12.2. The molecule has 3 rings (SSSR count). The molecule has 1 aliphatic heterocycles. The van der Waals surface area contributed by atoms with Gasteiger partial charge in [-0.1, -0.05) is 12.1 Å². The van der Waals surface area contributed by atoms with Crippen LogP contribution < -0.4 is 16.0 Å². The molecule has 2 aromatic carbocycles. The highest BCUT2D eigenvalue weighted by Gasteiger charge is 2.27. The van der Waals surface area contributed by atoms with Crippen molar-refractivity contribution in [3.8, 4) is 0 Å². The third-order valence-electron chi connectivity index (χ3n) is 5.16.